The van der Waals surface area contributed by atoms with E-state index in [2.05, 4.69) is 4.98 Å². The average Bonchev–Trinajstić information content (AvgIpc) is 3.16. The minimum Gasteiger partial charge on any atom is -0.444 e. The van der Waals surface area contributed by atoms with Crippen molar-refractivity contribution in [3.05, 3.63) is 55.4 Å². The first-order valence-corrected chi connectivity index (χ1v) is 10.1. The molecule has 2 heterocycles. The first-order valence-electron chi connectivity index (χ1n) is 10.1. The van der Waals surface area contributed by atoms with Crippen LogP contribution in [-0.2, 0) is 9.53 Å². The topological polar surface area (TPSA) is 151 Å². The minimum atomic E-state index is -0.968. The number of H-pyrrole nitrogens is 1. The number of Topliss-reactive ketones (excluding diaryl/α,β-unsaturated/α-hetero) is 1. The zero-order valence-corrected chi connectivity index (χ0v) is 16.7. The van der Waals surface area contributed by atoms with E-state index in [0.29, 0.717) is 25.0 Å². The van der Waals surface area contributed by atoms with E-state index in [4.69, 9.17) is 10.5 Å². The Bertz CT molecular complexity index is 1120. The lowest BCUT2D eigenvalue weighted by Gasteiger charge is -2.32. The van der Waals surface area contributed by atoms with E-state index >= 15 is 0 Å². The summed E-state index contributed by atoms with van der Waals surface area (Å²) in [6.45, 7) is 1.96. The number of ketones is 1. The smallest absolute Gasteiger partial charge is 0.328 e. The fourth-order valence-electron chi connectivity index (χ4n) is 4.85. The number of aliphatic hydroxyl groups is 1. The molecule has 4 atom stereocenters. The first-order chi connectivity index (χ1) is 14.3. The highest BCUT2D eigenvalue weighted by Gasteiger charge is 2.41. The Morgan fingerprint density at radius 2 is 2.10 bits per heavy atom. The Morgan fingerprint density at radius 3 is 2.77 bits per heavy atom. The minimum absolute atomic E-state index is 0.00740. The van der Waals surface area contributed by atoms with Crippen LogP contribution in [-0.4, -0.2) is 27.0 Å². The van der Waals surface area contributed by atoms with Crippen LogP contribution in [0.15, 0.2) is 38.6 Å². The van der Waals surface area contributed by atoms with Gasteiger partial charge in [0.1, 0.15) is 17.4 Å². The third kappa shape index (κ3) is 3.27. The monoisotopic (exact) mass is 412 g/mol. The molecule has 30 heavy (non-hydrogen) atoms. The quantitative estimate of drug-likeness (QED) is 0.668. The number of aliphatic hydroxyl groups excluding tert-OH is 1. The van der Waals surface area contributed by atoms with Gasteiger partial charge >= 0.3 is 5.69 Å². The zero-order chi connectivity index (χ0) is 21.6. The number of nitrogens with zero attached hydrogens (tertiary/aromatic N) is 2. The maximum absolute atomic E-state index is 12.9. The van der Waals surface area contributed by atoms with E-state index in [9.17, 15) is 24.8 Å². The fourth-order valence-corrected chi connectivity index (χ4v) is 4.85. The Labute approximate surface area is 172 Å². The van der Waals surface area contributed by atoms with Gasteiger partial charge in [0.15, 0.2) is 5.78 Å². The molecular formula is C21H24N4O5. The molecule has 0 radical (unpaired) electrons. The number of aromatic amines is 1. The number of ether oxygens (including phenoxy) is 1. The Morgan fingerprint density at radius 1 is 1.33 bits per heavy atom. The average molecular weight is 412 g/mol. The second-order valence-electron chi connectivity index (χ2n) is 8.46. The van der Waals surface area contributed by atoms with Gasteiger partial charge in [-0.1, -0.05) is 6.92 Å². The van der Waals surface area contributed by atoms with Crippen LogP contribution in [0, 0.1) is 23.2 Å². The van der Waals surface area contributed by atoms with Gasteiger partial charge in [-0.2, -0.15) is 5.26 Å². The lowest BCUT2D eigenvalue weighted by atomic mass is 9.76. The third-order valence-corrected chi connectivity index (χ3v) is 6.34. The van der Waals surface area contributed by atoms with Gasteiger partial charge < -0.3 is 15.6 Å². The fraction of sp³-hybridized carbons (Fsp3) is 0.524. The van der Waals surface area contributed by atoms with Crippen LogP contribution >= 0.6 is 0 Å². The van der Waals surface area contributed by atoms with Crippen LogP contribution in [0.2, 0.25) is 0 Å². The molecule has 0 saturated heterocycles. The van der Waals surface area contributed by atoms with E-state index in [1.165, 1.54) is 10.8 Å². The molecule has 0 aromatic carbocycles. The molecule has 4 rings (SSSR count). The van der Waals surface area contributed by atoms with Crippen LogP contribution in [0.3, 0.4) is 0 Å². The number of rotatable bonds is 3. The van der Waals surface area contributed by atoms with Crippen molar-refractivity contribution in [1.29, 1.82) is 5.26 Å². The number of hydrogen-bond donors (Lipinski definition) is 3. The number of aromatic nitrogens is 2. The van der Waals surface area contributed by atoms with Crippen molar-refractivity contribution in [2.45, 2.75) is 51.0 Å². The predicted octanol–water partition coefficient (Wildman–Crippen LogP) is 0.931. The number of nitrogens with two attached hydrogens (primary N) is 1. The molecule has 4 N–H and O–H groups in total. The highest BCUT2D eigenvalue weighted by atomic mass is 16.5. The van der Waals surface area contributed by atoms with Crippen LogP contribution in [0.5, 0.6) is 0 Å². The first kappa shape index (κ1) is 20.2. The van der Waals surface area contributed by atoms with Gasteiger partial charge in [0.05, 0.1) is 5.92 Å². The van der Waals surface area contributed by atoms with Crippen molar-refractivity contribution in [3.63, 3.8) is 0 Å². The van der Waals surface area contributed by atoms with Crippen LogP contribution in [0.4, 0.5) is 0 Å². The number of carbonyl (C=O) groups is 1. The maximum atomic E-state index is 12.9. The van der Waals surface area contributed by atoms with Gasteiger partial charge in [0, 0.05) is 42.8 Å². The Kier molecular flexibility index (Phi) is 5.12. The molecule has 0 amide bonds. The van der Waals surface area contributed by atoms with E-state index in [0.717, 1.165) is 6.42 Å². The highest BCUT2D eigenvalue weighted by Crippen LogP contribution is 2.44. The molecular weight excluding hydrogens is 388 g/mol. The lowest BCUT2D eigenvalue weighted by Crippen LogP contribution is -2.37. The molecule has 0 spiro atoms. The number of hydrogen-bond acceptors (Lipinski definition) is 7. The normalized spacial score (nSPS) is 28.9. The second kappa shape index (κ2) is 7.61. The summed E-state index contributed by atoms with van der Waals surface area (Å²) in [7, 11) is 0. The SMILES string of the molecule is CC1CC(=O)C2=C(C1)OC(N)=C(C#N)C2c1cn(C2CCC(CO)C2)c(=O)[nH]c1=O. The van der Waals surface area contributed by atoms with E-state index in [1.807, 2.05) is 13.0 Å². The molecule has 3 aliphatic rings. The van der Waals surface area contributed by atoms with Crippen LogP contribution in [0.25, 0.3) is 0 Å². The third-order valence-electron chi connectivity index (χ3n) is 6.34. The Hall–Kier alpha value is -3.12. The zero-order valence-electron chi connectivity index (χ0n) is 16.7. The molecule has 1 aliphatic heterocycles. The summed E-state index contributed by atoms with van der Waals surface area (Å²) in [5.74, 6) is -0.729. The van der Waals surface area contributed by atoms with Gasteiger partial charge in [-0.3, -0.25) is 19.1 Å². The van der Waals surface area contributed by atoms with E-state index in [-0.39, 0.29) is 59.3 Å². The highest BCUT2D eigenvalue weighted by molar-refractivity contribution is 5.99. The summed E-state index contributed by atoms with van der Waals surface area (Å²) in [4.78, 5) is 40.5. The summed E-state index contributed by atoms with van der Waals surface area (Å²) in [5.41, 5.74) is 5.16. The molecule has 0 bridgehead atoms. The molecule has 1 fully saturated rings. The number of nitriles is 1. The van der Waals surface area contributed by atoms with Gasteiger partial charge in [-0.25, -0.2) is 4.79 Å². The lowest BCUT2D eigenvalue weighted by molar-refractivity contribution is -0.117. The van der Waals surface area contributed by atoms with Crippen molar-refractivity contribution in [2.24, 2.45) is 17.6 Å². The van der Waals surface area contributed by atoms with E-state index in [1.54, 1.807) is 0 Å². The van der Waals surface area contributed by atoms with E-state index < -0.39 is 17.2 Å². The number of nitrogens with one attached hydrogen (secondary N) is 1. The van der Waals surface area contributed by atoms with Crippen molar-refractivity contribution >= 4 is 5.78 Å². The molecule has 4 unspecified atom stereocenters. The van der Waals surface area contributed by atoms with Crippen molar-refractivity contribution in [1.82, 2.24) is 9.55 Å². The molecule has 9 heteroatoms. The summed E-state index contributed by atoms with van der Waals surface area (Å²) in [6.07, 6.45) is 4.30. The molecule has 1 aromatic heterocycles. The predicted molar refractivity (Wildman–Crippen MR) is 106 cm³/mol. The van der Waals surface area contributed by atoms with Crippen molar-refractivity contribution < 1.29 is 14.6 Å². The van der Waals surface area contributed by atoms with Crippen molar-refractivity contribution in [3.8, 4) is 6.07 Å². The molecule has 158 valence electrons. The van der Waals surface area contributed by atoms with Gasteiger partial charge in [-0.15, -0.1) is 0 Å². The summed E-state index contributed by atoms with van der Waals surface area (Å²) in [6, 6.07) is 1.81. The van der Waals surface area contributed by atoms with Gasteiger partial charge in [0.2, 0.25) is 5.88 Å². The van der Waals surface area contributed by atoms with Crippen LogP contribution in [0.1, 0.15) is 56.6 Å². The summed E-state index contributed by atoms with van der Waals surface area (Å²) in [5, 5.41) is 19.1. The molecule has 1 saturated carbocycles. The molecule has 2 aliphatic carbocycles. The van der Waals surface area contributed by atoms with Gasteiger partial charge in [-0.05, 0) is 31.1 Å². The number of allylic oxidation sites excluding steroid dienone is 3. The standard InChI is InChI=1S/C21H24N4O5/c1-10-4-15(27)18-16(5-10)30-19(23)13(7-22)17(18)14-8-25(21(29)24-20(14)28)12-3-2-11(6-12)9-26/h8,10-12,17,26H,2-6,9,23H2,1H3,(H,24,28,29). The molecule has 9 nitrogen and oxygen atoms in total. The molecule has 1 aromatic rings. The Balaban J connectivity index is 1.87. The largest absolute Gasteiger partial charge is 0.444 e. The maximum Gasteiger partial charge on any atom is 0.328 e. The number of carbonyl (C=O) groups excluding carboxylic acids is 1. The second-order valence-corrected chi connectivity index (χ2v) is 8.46. The van der Waals surface area contributed by atoms with Gasteiger partial charge in [0.25, 0.3) is 5.56 Å². The summed E-state index contributed by atoms with van der Waals surface area (Å²) < 4.78 is 7.04. The van der Waals surface area contributed by atoms with Crippen molar-refractivity contribution in [2.75, 3.05) is 6.61 Å². The summed E-state index contributed by atoms with van der Waals surface area (Å²) >= 11 is 0. The van der Waals surface area contributed by atoms with Crippen LogP contribution < -0.4 is 17.0 Å².